The standard InChI is InChI=1S/C41H61N4O12PS.CH4/c1-6-21-51-27-30-54-24-18-42-37(46)12-15-41(16-13-38(47)43-19-25-55-31-28-52-22-7-2,17-14-39(48)44-20-26-56-32-29-53-23-8-3)45-40(49)35-10-9-11-36(33-35)57-58(50,59)34(4)5;/h1-3,9-11,33-34H,12-32H2,4-5H3,(H,42,46)(H,43,47)(H,44,48)(H,45,49)(H,50,59);1H4/p-1. The lowest BCUT2D eigenvalue weighted by molar-refractivity contribution is -0.177. The third kappa shape index (κ3) is 27.7. The molecule has 0 saturated heterocycles. The normalized spacial score (nSPS) is 11.8. The predicted octanol–water partition coefficient (Wildman–Crippen LogP) is 1.94. The monoisotopic (exact) mass is 879 g/mol. The minimum atomic E-state index is -3.45. The highest BCUT2D eigenvalue weighted by molar-refractivity contribution is 8.09. The van der Waals surface area contributed by atoms with Crippen LogP contribution in [0, 0.1) is 37.0 Å². The Balaban J connectivity index is 0.0000348. The van der Waals surface area contributed by atoms with E-state index in [1.807, 2.05) is 0 Å². The molecule has 0 aliphatic rings. The Bertz CT molecular complexity index is 1460. The van der Waals surface area contributed by atoms with Crippen LogP contribution < -0.4 is 30.7 Å². The molecule has 1 rings (SSSR count). The highest BCUT2D eigenvalue weighted by Crippen LogP contribution is 2.43. The van der Waals surface area contributed by atoms with E-state index in [1.54, 1.807) is 26.0 Å². The lowest BCUT2D eigenvalue weighted by Gasteiger charge is -2.35. The van der Waals surface area contributed by atoms with Crippen LogP contribution in [0.15, 0.2) is 24.3 Å². The first-order chi connectivity index (χ1) is 28.4. The van der Waals surface area contributed by atoms with E-state index in [9.17, 15) is 24.1 Å². The second-order valence-corrected chi connectivity index (χ2v) is 17.0. The van der Waals surface area contributed by atoms with E-state index in [4.69, 9.17) is 64.0 Å². The van der Waals surface area contributed by atoms with E-state index >= 15 is 0 Å². The second-order valence-electron chi connectivity index (χ2n) is 13.1. The van der Waals surface area contributed by atoms with Crippen LogP contribution in [0.4, 0.5) is 0 Å². The molecule has 0 saturated carbocycles. The highest BCUT2D eigenvalue weighted by atomic mass is 32.5. The van der Waals surface area contributed by atoms with Gasteiger partial charge in [0.05, 0.1) is 59.5 Å². The molecule has 4 N–H and O–H groups in total. The minimum absolute atomic E-state index is 0. The SMILES string of the molecule is C.C#CCOCCOCCNC(=O)CCC(CCC(=O)NCCOCCOCC#C)(CCC(=O)NCCOCCOCC#C)NC(=O)c1cccc(OP([O-])(=S)C(C)C)c1. The van der Waals surface area contributed by atoms with Gasteiger partial charge in [-0.3, -0.25) is 19.2 Å². The van der Waals surface area contributed by atoms with Crippen LogP contribution in [0.1, 0.15) is 70.2 Å². The van der Waals surface area contributed by atoms with Crippen molar-refractivity contribution in [3.63, 3.8) is 0 Å². The van der Waals surface area contributed by atoms with Gasteiger partial charge >= 0.3 is 0 Å². The summed E-state index contributed by atoms with van der Waals surface area (Å²) in [5, 5.41) is 11.4. The van der Waals surface area contributed by atoms with Gasteiger partial charge in [0.1, 0.15) is 25.6 Å². The van der Waals surface area contributed by atoms with Gasteiger partial charge in [-0.15, -0.1) is 19.3 Å². The van der Waals surface area contributed by atoms with Crippen molar-refractivity contribution >= 4 is 41.9 Å². The van der Waals surface area contributed by atoms with Crippen LogP contribution in [0.5, 0.6) is 5.75 Å². The van der Waals surface area contributed by atoms with Crippen LogP contribution in [0.25, 0.3) is 0 Å². The predicted molar refractivity (Wildman–Crippen MR) is 232 cm³/mol. The number of amides is 4. The maximum absolute atomic E-state index is 14.0. The van der Waals surface area contributed by atoms with Gasteiger partial charge in [0.15, 0.2) is 0 Å². The van der Waals surface area contributed by atoms with Gasteiger partial charge in [-0.2, -0.15) is 0 Å². The molecule has 18 heteroatoms. The summed E-state index contributed by atoms with van der Waals surface area (Å²) >= 11 is 5.18. The van der Waals surface area contributed by atoms with Crippen molar-refractivity contribution < 1.29 is 57.0 Å². The molecule has 0 aliphatic carbocycles. The summed E-state index contributed by atoms with van der Waals surface area (Å²) in [4.78, 5) is 66.1. The quantitative estimate of drug-likeness (QED) is 0.0438. The molecule has 1 atom stereocenters. The van der Waals surface area contributed by atoms with Gasteiger partial charge in [-0.05, 0) is 37.5 Å². The zero-order chi connectivity index (χ0) is 43.6. The fraction of sp³-hybridized carbons (Fsp3) is 0.619. The zero-order valence-electron chi connectivity index (χ0n) is 34.2. The van der Waals surface area contributed by atoms with Gasteiger partial charge < -0.3 is 59.1 Å². The average molecular weight is 880 g/mol. The van der Waals surface area contributed by atoms with Crippen LogP contribution in [-0.2, 0) is 54.6 Å². The molecule has 0 aliphatic heterocycles. The Morgan fingerprint density at radius 1 is 0.683 bits per heavy atom. The topological polar surface area (TPSA) is 204 Å². The molecule has 0 fully saturated rings. The fourth-order valence-electron chi connectivity index (χ4n) is 4.99. The second kappa shape index (κ2) is 34.6. The van der Waals surface area contributed by atoms with Gasteiger partial charge in [0, 0.05) is 62.1 Å². The molecular formula is C42H64N4O12PS-. The number of hydrogen-bond acceptors (Lipinski definition) is 13. The molecule has 0 heterocycles. The Hall–Kier alpha value is -4.05. The van der Waals surface area contributed by atoms with Crippen molar-refractivity contribution in [2.24, 2.45) is 0 Å². The van der Waals surface area contributed by atoms with Crippen molar-refractivity contribution in [3.8, 4) is 42.8 Å². The lowest BCUT2D eigenvalue weighted by atomic mass is 9.82. The van der Waals surface area contributed by atoms with E-state index in [1.165, 1.54) is 12.1 Å². The van der Waals surface area contributed by atoms with E-state index in [2.05, 4.69) is 39.0 Å². The van der Waals surface area contributed by atoms with Gasteiger partial charge in [-0.25, -0.2) is 0 Å². The number of terminal acetylenes is 3. The van der Waals surface area contributed by atoms with Gasteiger partial charge in [0.25, 0.3) is 5.91 Å². The number of ether oxygens (including phenoxy) is 6. The van der Waals surface area contributed by atoms with Gasteiger partial charge in [-0.1, -0.05) is 56.9 Å². The Kier molecular flexibility index (Phi) is 32.3. The fourth-order valence-corrected chi connectivity index (χ4v) is 5.86. The molecule has 1 aromatic carbocycles. The number of hydrogen-bond donors (Lipinski definition) is 4. The van der Waals surface area contributed by atoms with Crippen molar-refractivity contribution in [1.82, 2.24) is 21.3 Å². The Labute approximate surface area is 361 Å². The lowest BCUT2D eigenvalue weighted by Crippen LogP contribution is -2.50. The summed E-state index contributed by atoms with van der Waals surface area (Å²) in [6.07, 6.45) is 15.5. The molecule has 16 nitrogen and oxygen atoms in total. The van der Waals surface area contributed by atoms with Crippen molar-refractivity contribution in [1.29, 1.82) is 0 Å². The number of carbonyl (C=O) groups is 4. The highest BCUT2D eigenvalue weighted by Gasteiger charge is 2.34. The summed E-state index contributed by atoms with van der Waals surface area (Å²) in [5.41, 5.74) is -1.52. The van der Waals surface area contributed by atoms with Gasteiger partial charge in [0.2, 0.25) is 17.7 Å². The van der Waals surface area contributed by atoms with E-state index in [0.717, 1.165) is 0 Å². The first-order valence-corrected chi connectivity index (χ1v) is 22.1. The first kappa shape index (κ1) is 55.9. The van der Waals surface area contributed by atoms with E-state index < -0.39 is 23.6 Å². The first-order valence-electron chi connectivity index (χ1n) is 19.4. The largest absolute Gasteiger partial charge is 0.791 e. The van der Waals surface area contributed by atoms with Crippen LogP contribution in [-0.4, -0.2) is 134 Å². The average Bonchev–Trinajstić information content (AvgIpc) is 3.21. The van der Waals surface area contributed by atoms with Crippen LogP contribution in [0.3, 0.4) is 0 Å². The molecule has 0 radical (unpaired) electrons. The Morgan fingerprint density at radius 3 is 1.43 bits per heavy atom. The summed E-state index contributed by atoms with van der Waals surface area (Å²) in [6, 6.07) is 6.06. The summed E-state index contributed by atoms with van der Waals surface area (Å²) in [7, 11) is 0. The molecule has 1 unspecified atom stereocenters. The molecule has 60 heavy (non-hydrogen) atoms. The molecule has 0 aromatic heterocycles. The van der Waals surface area contributed by atoms with Crippen molar-refractivity contribution in [3.05, 3.63) is 29.8 Å². The van der Waals surface area contributed by atoms with E-state index in [0.29, 0.717) is 39.6 Å². The smallest absolute Gasteiger partial charge is 0.251 e. The number of rotatable bonds is 35. The molecule has 0 bridgehead atoms. The zero-order valence-corrected chi connectivity index (χ0v) is 35.9. The number of nitrogens with one attached hydrogen (secondary N) is 4. The molecule has 336 valence electrons. The molecule has 1 aromatic rings. The maximum atomic E-state index is 14.0. The molecule has 4 amide bonds. The van der Waals surface area contributed by atoms with E-state index in [-0.39, 0.29) is 134 Å². The minimum Gasteiger partial charge on any atom is -0.791 e. The third-order valence-electron chi connectivity index (χ3n) is 8.21. The van der Waals surface area contributed by atoms with Crippen molar-refractivity contribution in [2.75, 3.05) is 98.9 Å². The number of carbonyl (C=O) groups excluding carboxylic acids is 4. The van der Waals surface area contributed by atoms with Crippen LogP contribution in [0.2, 0.25) is 0 Å². The summed E-state index contributed by atoms with van der Waals surface area (Å²) in [6.45, 7) is 3.56. The molecular weight excluding hydrogens is 816 g/mol. The number of benzene rings is 1. The summed E-state index contributed by atoms with van der Waals surface area (Å²) < 4.78 is 37.5. The maximum Gasteiger partial charge on any atom is 0.251 e. The Morgan fingerprint density at radius 2 is 1.07 bits per heavy atom. The molecule has 0 spiro atoms. The van der Waals surface area contributed by atoms with Crippen molar-refractivity contribution in [2.45, 2.75) is 71.0 Å². The van der Waals surface area contributed by atoms with Crippen LogP contribution >= 0.6 is 6.49 Å². The summed E-state index contributed by atoms with van der Waals surface area (Å²) in [5.74, 6) is 5.68. The third-order valence-corrected chi connectivity index (χ3v) is 11.4.